The lowest BCUT2D eigenvalue weighted by atomic mass is 10.2. The second-order valence-corrected chi connectivity index (χ2v) is 7.75. The van der Waals surface area contributed by atoms with Gasteiger partial charge in [-0.25, -0.2) is 13.1 Å². The van der Waals surface area contributed by atoms with E-state index in [1.54, 1.807) is 18.5 Å². The third-order valence-electron chi connectivity index (χ3n) is 2.95. The monoisotopic (exact) mass is 325 g/mol. The molecule has 2 aromatic rings. The van der Waals surface area contributed by atoms with Gasteiger partial charge in [0.15, 0.2) is 0 Å². The van der Waals surface area contributed by atoms with Gasteiger partial charge >= 0.3 is 0 Å². The van der Waals surface area contributed by atoms with Crippen molar-refractivity contribution in [2.45, 2.75) is 17.1 Å². The quantitative estimate of drug-likeness (QED) is 0.770. The minimum Gasteiger partial charge on any atom is -0.319 e. The van der Waals surface area contributed by atoms with Crippen LogP contribution in [0.4, 0.5) is 0 Å². The molecule has 0 fully saturated rings. The van der Waals surface area contributed by atoms with Gasteiger partial charge in [0.2, 0.25) is 10.0 Å². The summed E-state index contributed by atoms with van der Waals surface area (Å²) in [4.78, 5) is 5.08. The average molecular weight is 325 g/mol. The maximum Gasteiger partial charge on any atom is 0.250 e. The maximum atomic E-state index is 12.2. The van der Waals surface area contributed by atoms with Gasteiger partial charge in [-0.05, 0) is 50.2 Å². The van der Waals surface area contributed by atoms with Gasteiger partial charge in [0.25, 0.3) is 0 Å². The minimum absolute atomic E-state index is 0.373. The third kappa shape index (κ3) is 4.89. The first-order valence-corrected chi connectivity index (χ1v) is 9.03. The molecule has 0 aliphatic heterocycles. The fourth-order valence-corrected chi connectivity index (χ4v) is 4.26. The summed E-state index contributed by atoms with van der Waals surface area (Å²) in [5, 5.41) is 3.05. The molecule has 0 aliphatic rings. The number of nitrogens with zero attached hydrogens (tertiary/aromatic N) is 1. The van der Waals surface area contributed by atoms with Crippen LogP contribution in [0.25, 0.3) is 0 Å². The van der Waals surface area contributed by atoms with Crippen LogP contribution in [-0.4, -0.2) is 33.5 Å². The molecule has 2 aromatic heterocycles. The maximum absolute atomic E-state index is 12.2. The molecule has 114 valence electrons. The minimum atomic E-state index is -3.41. The van der Waals surface area contributed by atoms with Gasteiger partial charge in [-0.15, -0.1) is 11.3 Å². The summed E-state index contributed by atoms with van der Waals surface area (Å²) in [5.41, 5.74) is 1.01. The summed E-state index contributed by atoms with van der Waals surface area (Å²) in [6.07, 6.45) is 4.92. The van der Waals surface area contributed by atoms with E-state index >= 15 is 0 Å². The SMILES string of the molecule is CNCCc1ccc(S(=O)(=O)NCCc2cccnc2)s1. The molecule has 2 heterocycles. The molecule has 0 aliphatic carbocycles. The van der Waals surface area contributed by atoms with Crippen molar-refractivity contribution in [1.82, 2.24) is 15.0 Å². The van der Waals surface area contributed by atoms with Crippen LogP contribution in [0.15, 0.2) is 40.9 Å². The van der Waals surface area contributed by atoms with Crippen molar-refractivity contribution < 1.29 is 8.42 Å². The molecule has 0 amide bonds. The van der Waals surface area contributed by atoms with Crippen molar-refractivity contribution in [3.8, 4) is 0 Å². The molecular weight excluding hydrogens is 306 g/mol. The number of nitrogens with one attached hydrogen (secondary N) is 2. The molecule has 0 saturated heterocycles. The molecule has 0 saturated carbocycles. The van der Waals surface area contributed by atoms with Gasteiger partial charge in [-0.3, -0.25) is 4.98 Å². The van der Waals surface area contributed by atoms with E-state index in [0.29, 0.717) is 17.2 Å². The van der Waals surface area contributed by atoms with Gasteiger partial charge in [0.1, 0.15) is 4.21 Å². The Kier molecular flexibility index (Phi) is 5.86. The van der Waals surface area contributed by atoms with E-state index in [2.05, 4.69) is 15.0 Å². The van der Waals surface area contributed by atoms with Crippen molar-refractivity contribution in [3.05, 3.63) is 47.1 Å². The van der Waals surface area contributed by atoms with Crippen molar-refractivity contribution in [1.29, 1.82) is 0 Å². The van der Waals surface area contributed by atoms with Crippen LogP contribution in [-0.2, 0) is 22.9 Å². The highest BCUT2D eigenvalue weighted by Gasteiger charge is 2.16. The van der Waals surface area contributed by atoms with Gasteiger partial charge in [-0.2, -0.15) is 0 Å². The Bertz CT molecular complexity index is 654. The summed E-state index contributed by atoms with van der Waals surface area (Å²) in [6.45, 7) is 1.21. The molecule has 0 atom stereocenters. The fraction of sp³-hybridized carbons (Fsp3) is 0.357. The topological polar surface area (TPSA) is 71.1 Å². The Hall–Kier alpha value is -1.28. The molecule has 21 heavy (non-hydrogen) atoms. The summed E-state index contributed by atoms with van der Waals surface area (Å²) >= 11 is 1.32. The number of likely N-dealkylation sites (N-methyl/N-ethyl adjacent to an activating group) is 1. The fourth-order valence-electron chi connectivity index (χ4n) is 1.83. The second kappa shape index (κ2) is 7.65. The first-order chi connectivity index (χ1) is 10.1. The van der Waals surface area contributed by atoms with E-state index in [1.165, 1.54) is 11.3 Å². The van der Waals surface area contributed by atoms with Crippen LogP contribution in [0, 0.1) is 0 Å². The van der Waals surface area contributed by atoms with Crippen LogP contribution in [0.1, 0.15) is 10.4 Å². The number of thiophene rings is 1. The summed E-state index contributed by atoms with van der Waals surface area (Å²) in [6, 6.07) is 7.32. The first kappa shape index (κ1) is 16.1. The molecule has 0 radical (unpaired) electrons. The first-order valence-electron chi connectivity index (χ1n) is 6.74. The van der Waals surface area contributed by atoms with Crippen LogP contribution in [0.3, 0.4) is 0 Å². The lowest BCUT2D eigenvalue weighted by molar-refractivity contribution is 0.583. The standard InChI is InChI=1S/C14H19N3O2S2/c1-15-9-7-13-4-5-14(20-13)21(18,19)17-10-6-12-3-2-8-16-11-12/h2-5,8,11,15,17H,6-7,9-10H2,1H3. The van der Waals surface area contributed by atoms with E-state index in [9.17, 15) is 8.42 Å². The number of hydrogen-bond acceptors (Lipinski definition) is 5. The Morgan fingerprint density at radius 1 is 1.19 bits per heavy atom. The van der Waals surface area contributed by atoms with Crippen molar-refractivity contribution >= 4 is 21.4 Å². The van der Waals surface area contributed by atoms with E-state index < -0.39 is 10.0 Å². The summed E-state index contributed by atoms with van der Waals surface area (Å²) in [5.74, 6) is 0. The van der Waals surface area contributed by atoms with Crippen LogP contribution < -0.4 is 10.0 Å². The molecule has 0 spiro atoms. The summed E-state index contributed by atoms with van der Waals surface area (Å²) in [7, 11) is -1.53. The molecule has 2 rings (SSSR count). The predicted molar refractivity (Wildman–Crippen MR) is 85.1 cm³/mol. The number of hydrogen-bond donors (Lipinski definition) is 2. The number of rotatable bonds is 8. The third-order valence-corrected chi connectivity index (χ3v) is 6.05. The van der Waals surface area contributed by atoms with Gasteiger partial charge < -0.3 is 5.32 Å². The Morgan fingerprint density at radius 3 is 2.76 bits per heavy atom. The molecule has 0 unspecified atom stereocenters. The molecule has 0 bridgehead atoms. The van der Waals surface area contributed by atoms with Gasteiger partial charge in [0.05, 0.1) is 0 Å². The number of pyridine rings is 1. The van der Waals surface area contributed by atoms with Gasteiger partial charge in [-0.1, -0.05) is 6.07 Å². The van der Waals surface area contributed by atoms with Crippen LogP contribution >= 0.6 is 11.3 Å². The van der Waals surface area contributed by atoms with Crippen molar-refractivity contribution in [3.63, 3.8) is 0 Å². The largest absolute Gasteiger partial charge is 0.319 e. The molecule has 2 N–H and O–H groups in total. The smallest absolute Gasteiger partial charge is 0.250 e. The molecule has 7 heteroatoms. The molecule has 0 aromatic carbocycles. The lowest BCUT2D eigenvalue weighted by Gasteiger charge is -2.04. The van der Waals surface area contributed by atoms with Crippen LogP contribution in [0.2, 0.25) is 0 Å². The Labute approximate surface area is 129 Å². The van der Waals surface area contributed by atoms with E-state index in [1.807, 2.05) is 25.2 Å². The zero-order valence-corrected chi connectivity index (χ0v) is 13.5. The highest BCUT2D eigenvalue weighted by molar-refractivity contribution is 7.91. The molecule has 5 nitrogen and oxygen atoms in total. The zero-order chi connectivity index (χ0) is 15.1. The lowest BCUT2D eigenvalue weighted by Crippen LogP contribution is -2.25. The Balaban J connectivity index is 1.90. The van der Waals surface area contributed by atoms with Crippen molar-refractivity contribution in [2.24, 2.45) is 0 Å². The normalized spacial score (nSPS) is 11.7. The highest BCUT2D eigenvalue weighted by atomic mass is 32.2. The van der Waals surface area contributed by atoms with E-state index in [0.717, 1.165) is 23.4 Å². The second-order valence-electron chi connectivity index (χ2n) is 4.58. The average Bonchev–Trinajstić information content (AvgIpc) is 2.96. The zero-order valence-electron chi connectivity index (χ0n) is 11.9. The van der Waals surface area contributed by atoms with Gasteiger partial charge in [0, 0.05) is 23.8 Å². The molecular formula is C14H19N3O2S2. The number of sulfonamides is 1. The highest BCUT2D eigenvalue weighted by Crippen LogP contribution is 2.21. The van der Waals surface area contributed by atoms with E-state index in [4.69, 9.17) is 0 Å². The van der Waals surface area contributed by atoms with E-state index in [-0.39, 0.29) is 0 Å². The predicted octanol–water partition coefficient (Wildman–Crippen LogP) is 1.43. The summed E-state index contributed by atoms with van der Waals surface area (Å²) < 4.78 is 27.4. The van der Waals surface area contributed by atoms with Crippen LogP contribution in [0.5, 0.6) is 0 Å². The number of aromatic nitrogens is 1. The van der Waals surface area contributed by atoms with Crippen molar-refractivity contribution in [2.75, 3.05) is 20.1 Å². The Morgan fingerprint density at radius 2 is 2.05 bits per heavy atom.